The second kappa shape index (κ2) is 4.94. The normalized spacial score (nSPS) is 13.6. The molecule has 5 nitrogen and oxygen atoms in total. The third-order valence-electron chi connectivity index (χ3n) is 1.76. The molecule has 78 valence electrons. The van der Waals surface area contributed by atoms with E-state index in [4.69, 9.17) is 10.5 Å². The first-order chi connectivity index (χ1) is 6.37. The summed E-state index contributed by atoms with van der Waals surface area (Å²) in [5.41, 5.74) is 0. The van der Waals surface area contributed by atoms with Gasteiger partial charge in [0.2, 0.25) is 10.0 Å². The topological polar surface area (TPSA) is 85.0 Å². The van der Waals surface area contributed by atoms with Crippen molar-refractivity contribution in [2.45, 2.75) is 32.1 Å². The first kappa shape index (κ1) is 12.9. The van der Waals surface area contributed by atoms with Crippen LogP contribution in [0.5, 0.6) is 0 Å². The summed E-state index contributed by atoms with van der Waals surface area (Å²) in [6.45, 7) is 4.42. The van der Waals surface area contributed by atoms with Crippen LogP contribution in [-0.2, 0) is 10.0 Å². The lowest BCUT2D eigenvalue weighted by Crippen LogP contribution is -2.41. The zero-order valence-corrected chi connectivity index (χ0v) is 9.24. The Kier molecular flexibility index (Phi) is 4.55. The van der Waals surface area contributed by atoms with Gasteiger partial charge in [0, 0.05) is 6.04 Å². The van der Waals surface area contributed by atoms with E-state index in [2.05, 4.69) is 0 Å². The average molecular weight is 215 g/mol. The lowest BCUT2D eigenvalue weighted by atomic mass is 10.4. The summed E-state index contributed by atoms with van der Waals surface area (Å²) in [5.74, 6) is 0. The molecule has 0 aliphatic heterocycles. The first-order valence-corrected chi connectivity index (χ1v) is 5.65. The fourth-order valence-corrected chi connectivity index (χ4v) is 2.27. The molecule has 0 saturated heterocycles. The Bertz CT molecular complexity index is 361. The van der Waals surface area contributed by atoms with E-state index in [1.54, 1.807) is 26.0 Å². The van der Waals surface area contributed by atoms with Gasteiger partial charge < -0.3 is 0 Å². The third kappa shape index (κ3) is 2.69. The van der Waals surface area contributed by atoms with Crippen molar-refractivity contribution in [2.24, 2.45) is 0 Å². The van der Waals surface area contributed by atoms with Crippen LogP contribution in [-0.4, -0.2) is 30.6 Å². The number of hydrogen-bond donors (Lipinski definition) is 0. The molecule has 0 aromatic heterocycles. The molecule has 0 spiro atoms. The fraction of sp³-hybridized carbons (Fsp3) is 0.750. The molecule has 0 rings (SSSR count). The second-order valence-corrected chi connectivity index (χ2v) is 5.32. The Morgan fingerprint density at radius 3 is 2.07 bits per heavy atom. The molecule has 0 amide bonds. The summed E-state index contributed by atoms with van der Waals surface area (Å²) in [5, 5.41) is 15.9. The van der Waals surface area contributed by atoms with Crippen molar-refractivity contribution in [3.63, 3.8) is 0 Å². The molecule has 0 saturated carbocycles. The number of hydrogen-bond acceptors (Lipinski definition) is 4. The van der Waals surface area contributed by atoms with E-state index >= 15 is 0 Å². The summed E-state index contributed by atoms with van der Waals surface area (Å²) in [6.07, 6.45) is 0. The van der Waals surface area contributed by atoms with Crippen molar-refractivity contribution in [3.8, 4) is 12.1 Å². The molecular weight excluding hydrogens is 202 g/mol. The lowest BCUT2D eigenvalue weighted by molar-refractivity contribution is 0.383. The van der Waals surface area contributed by atoms with Crippen LogP contribution in [0.1, 0.15) is 20.8 Å². The summed E-state index contributed by atoms with van der Waals surface area (Å²) >= 11 is 0. The first-order valence-electron chi connectivity index (χ1n) is 4.15. The fourth-order valence-electron chi connectivity index (χ4n) is 0.906. The smallest absolute Gasteiger partial charge is 0.211 e. The van der Waals surface area contributed by atoms with Gasteiger partial charge in [-0.15, -0.1) is 0 Å². The number of nitriles is 2. The molecule has 0 aliphatic rings. The maximum Gasteiger partial charge on any atom is 0.231 e. The van der Waals surface area contributed by atoms with Crippen molar-refractivity contribution in [1.29, 1.82) is 10.5 Å². The van der Waals surface area contributed by atoms with Crippen LogP contribution in [0.3, 0.4) is 0 Å². The summed E-state index contributed by atoms with van der Waals surface area (Å²) in [4.78, 5) is 0. The van der Waals surface area contributed by atoms with Crippen molar-refractivity contribution in [1.82, 2.24) is 4.31 Å². The monoisotopic (exact) mass is 215 g/mol. The predicted octanol–water partition coefficient (Wildman–Crippen LogP) is 0.462. The minimum absolute atomic E-state index is 0.216. The SMILES string of the molecule is CC(C)N(CC#N)S(=O)(=O)C(C)C#N. The van der Waals surface area contributed by atoms with E-state index in [0.717, 1.165) is 4.31 Å². The van der Waals surface area contributed by atoms with Crippen molar-refractivity contribution in [2.75, 3.05) is 6.54 Å². The van der Waals surface area contributed by atoms with E-state index < -0.39 is 15.3 Å². The molecule has 0 aromatic rings. The Balaban J connectivity index is 5.05. The molecule has 0 aromatic carbocycles. The quantitative estimate of drug-likeness (QED) is 0.638. The number of rotatable bonds is 4. The molecule has 0 radical (unpaired) electrons. The van der Waals surface area contributed by atoms with E-state index in [-0.39, 0.29) is 12.6 Å². The van der Waals surface area contributed by atoms with Crippen LogP contribution >= 0.6 is 0 Å². The highest BCUT2D eigenvalue weighted by molar-refractivity contribution is 7.90. The minimum atomic E-state index is -3.66. The van der Waals surface area contributed by atoms with Crippen LogP contribution in [0.15, 0.2) is 0 Å². The number of nitrogens with zero attached hydrogens (tertiary/aromatic N) is 3. The Morgan fingerprint density at radius 2 is 1.79 bits per heavy atom. The minimum Gasteiger partial charge on any atom is -0.211 e. The maximum absolute atomic E-state index is 11.6. The van der Waals surface area contributed by atoms with E-state index in [1.165, 1.54) is 6.92 Å². The van der Waals surface area contributed by atoms with Gasteiger partial charge in [0.25, 0.3) is 0 Å². The highest BCUT2D eigenvalue weighted by atomic mass is 32.2. The van der Waals surface area contributed by atoms with Crippen LogP contribution < -0.4 is 0 Å². The van der Waals surface area contributed by atoms with Gasteiger partial charge in [0.05, 0.1) is 12.1 Å². The number of sulfonamides is 1. The van der Waals surface area contributed by atoms with Crippen molar-refractivity contribution < 1.29 is 8.42 Å². The molecule has 0 fully saturated rings. The molecule has 0 bridgehead atoms. The highest BCUT2D eigenvalue weighted by Gasteiger charge is 2.30. The van der Waals surface area contributed by atoms with Gasteiger partial charge in [0.1, 0.15) is 6.54 Å². The molecule has 0 aliphatic carbocycles. The molecule has 0 heterocycles. The Hall–Kier alpha value is -1.11. The van der Waals surface area contributed by atoms with E-state index in [9.17, 15) is 8.42 Å². The molecule has 1 unspecified atom stereocenters. The Labute approximate surface area is 84.6 Å². The molecular formula is C8H13N3O2S. The molecule has 14 heavy (non-hydrogen) atoms. The van der Waals surface area contributed by atoms with Gasteiger partial charge >= 0.3 is 0 Å². The summed E-state index contributed by atoms with van der Waals surface area (Å²) in [7, 11) is -3.66. The van der Waals surface area contributed by atoms with Gasteiger partial charge in [-0.25, -0.2) is 8.42 Å². The maximum atomic E-state index is 11.6. The summed E-state index contributed by atoms with van der Waals surface area (Å²) < 4.78 is 24.3. The van der Waals surface area contributed by atoms with Gasteiger partial charge in [-0.1, -0.05) is 0 Å². The predicted molar refractivity (Wildman–Crippen MR) is 51.4 cm³/mol. The largest absolute Gasteiger partial charge is 0.231 e. The van der Waals surface area contributed by atoms with Crippen LogP contribution in [0.4, 0.5) is 0 Å². The van der Waals surface area contributed by atoms with Crippen LogP contribution in [0, 0.1) is 22.7 Å². The van der Waals surface area contributed by atoms with Gasteiger partial charge in [-0.05, 0) is 20.8 Å². The molecule has 6 heteroatoms. The zero-order valence-electron chi connectivity index (χ0n) is 8.43. The third-order valence-corrected chi connectivity index (χ3v) is 3.96. The van der Waals surface area contributed by atoms with Gasteiger partial charge in [0.15, 0.2) is 5.25 Å². The van der Waals surface area contributed by atoms with Gasteiger partial charge in [-0.3, -0.25) is 0 Å². The van der Waals surface area contributed by atoms with Crippen LogP contribution in [0.25, 0.3) is 0 Å². The zero-order chi connectivity index (χ0) is 11.4. The van der Waals surface area contributed by atoms with Gasteiger partial charge in [-0.2, -0.15) is 14.8 Å². The standard InChI is InChI=1S/C8H13N3O2S/c1-7(2)11(5-4-9)14(12,13)8(3)6-10/h7-8H,5H2,1-3H3. The lowest BCUT2D eigenvalue weighted by Gasteiger charge is -2.23. The molecule has 1 atom stereocenters. The highest BCUT2D eigenvalue weighted by Crippen LogP contribution is 2.11. The van der Waals surface area contributed by atoms with Crippen LogP contribution in [0.2, 0.25) is 0 Å². The average Bonchev–Trinajstić information content (AvgIpc) is 2.11. The van der Waals surface area contributed by atoms with E-state index in [0.29, 0.717) is 0 Å². The summed E-state index contributed by atoms with van der Waals surface area (Å²) in [6, 6.07) is 3.12. The molecule has 0 N–H and O–H groups in total. The van der Waals surface area contributed by atoms with E-state index in [1.807, 2.05) is 0 Å². The van der Waals surface area contributed by atoms with Crippen molar-refractivity contribution >= 4 is 10.0 Å². The van der Waals surface area contributed by atoms with Crippen molar-refractivity contribution in [3.05, 3.63) is 0 Å². The Morgan fingerprint density at radius 1 is 1.29 bits per heavy atom. The second-order valence-electron chi connectivity index (χ2n) is 3.11.